The van der Waals surface area contributed by atoms with Crippen molar-refractivity contribution in [1.82, 2.24) is 0 Å². The second-order valence-corrected chi connectivity index (χ2v) is 3.15. The first-order valence-corrected chi connectivity index (χ1v) is 4.30. The number of halogens is 5. The van der Waals surface area contributed by atoms with Crippen molar-refractivity contribution in [3.8, 4) is 11.8 Å². The van der Waals surface area contributed by atoms with E-state index in [2.05, 4.69) is 5.92 Å². The average Bonchev–Trinajstić information content (AvgIpc) is 2.14. The number of carboxylic acids is 1. The van der Waals surface area contributed by atoms with Crippen molar-refractivity contribution in [2.45, 2.75) is 6.18 Å². The summed E-state index contributed by atoms with van der Waals surface area (Å²) in [4.78, 5) is 10.1. The van der Waals surface area contributed by atoms with Crippen molar-refractivity contribution < 1.29 is 35.5 Å². The van der Waals surface area contributed by atoms with Gasteiger partial charge in [-0.1, -0.05) is 17.5 Å². The summed E-state index contributed by atoms with van der Waals surface area (Å²) in [6.45, 7) is 0. The SMILES string of the molecule is O=C(O)C#Cc1ccc(C(F)(F)F)cc1Cl.[Cl-]. The maximum atomic E-state index is 12.2. The smallest absolute Gasteiger partial charge is 0.416 e. The summed E-state index contributed by atoms with van der Waals surface area (Å²) < 4.78 is 36.7. The fourth-order valence-corrected chi connectivity index (χ4v) is 1.14. The molecular formula is C10H4Cl2F3O2-. The van der Waals surface area contributed by atoms with Gasteiger partial charge in [0.05, 0.1) is 10.6 Å². The lowest BCUT2D eigenvalue weighted by atomic mass is 10.1. The minimum absolute atomic E-state index is 0. The molecule has 2 nitrogen and oxygen atoms in total. The molecule has 1 N–H and O–H groups in total. The van der Waals surface area contributed by atoms with Gasteiger partial charge in [-0.2, -0.15) is 13.2 Å². The molecule has 0 amide bonds. The Kier molecular flexibility index (Phi) is 5.33. The van der Waals surface area contributed by atoms with E-state index in [9.17, 15) is 18.0 Å². The van der Waals surface area contributed by atoms with Crippen molar-refractivity contribution in [3.63, 3.8) is 0 Å². The van der Waals surface area contributed by atoms with Crippen LogP contribution in [0.4, 0.5) is 13.2 Å². The molecule has 1 aromatic carbocycles. The minimum atomic E-state index is -4.48. The van der Waals surface area contributed by atoms with E-state index in [1.165, 1.54) is 0 Å². The standard InChI is InChI=1S/C10H4ClF3O2.ClH/c11-8-5-7(10(12,13)14)3-1-6(8)2-4-9(15)16;/h1,3,5H,(H,15,16);1H/p-1. The summed E-state index contributed by atoms with van der Waals surface area (Å²) in [6.07, 6.45) is -4.48. The minimum Gasteiger partial charge on any atom is -1.00 e. The molecule has 0 spiro atoms. The van der Waals surface area contributed by atoms with Gasteiger partial charge in [-0.15, -0.1) is 0 Å². The Morgan fingerprint density at radius 3 is 2.35 bits per heavy atom. The molecule has 0 aliphatic heterocycles. The quantitative estimate of drug-likeness (QED) is 0.670. The van der Waals surface area contributed by atoms with Gasteiger partial charge in [-0.05, 0) is 18.2 Å². The largest absolute Gasteiger partial charge is 1.00 e. The molecule has 1 aromatic rings. The third-order valence-corrected chi connectivity index (χ3v) is 1.91. The highest BCUT2D eigenvalue weighted by atomic mass is 35.5. The summed E-state index contributed by atoms with van der Waals surface area (Å²) in [5, 5.41) is 8.02. The lowest BCUT2D eigenvalue weighted by Crippen LogP contribution is -3.00. The number of carboxylic acid groups (broad SMARTS) is 1. The van der Waals surface area contributed by atoms with Crippen molar-refractivity contribution in [3.05, 3.63) is 34.3 Å². The Hall–Kier alpha value is -1.38. The van der Waals surface area contributed by atoms with Crippen molar-refractivity contribution >= 4 is 17.6 Å². The maximum absolute atomic E-state index is 12.2. The van der Waals surface area contributed by atoms with Crippen molar-refractivity contribution in [1.29, 1.82) is 0 Å². The van der Waals surface area contributed by atoms with Crippen LogP contribution in [0.1, 0.15) is 11.1 Å². The van der Waals surface area contributed by atoms with E-state index in [-0.39, 0.29) is 23.0 Å². The summed E-state index contributed by atoms with van der Waals surface area (Å²) in [7, 11) is 0. The van der Waals surface area contributed by atoms with Gasteiger partial charge in [0.25, 0.3) is 0 Å². The molecular weight excluding hydrogens is 280 g/mol. The first kappa shape index (κ1) is 15.6. The Morgan fingerprint density at radius 2 is 1.94 bits per heavy atom. The zero-order chi connectivity index (χ0) is 12.3. The average molecular weight is 284 g/mol. The first-order valence-electron chi connectivity index (χ1n) is 3.92. The molecule has 0 aliphatic carbocycles. The van der Waals surface area contributed by atoms with Gasteiger partial charge < -0.3 is 17.5 Å². The second-order valence-electron chi connectivity index (χ2n) is 2.75. The van der Waals surface area contributed by atoms with Gasteiger partial charge in [-0.3, -0.25) is 0 Å². The normalized spacial score (nSPS) is 9.88. The van der Waals surface area contributed by atoms with Gasteiger partial charge in [0.15, 0.2) is 0 Å². The van der Waals surface area contributed by atoms with E-state index in [1.807, 2.05) is 0 Å². The number of alkyl halides is 3. The van der Waals surface area contributed by atoms with Crippen LogP contribution >= 0.6 is 11.6 Å². The monoisotopic (exact) mass is 283 g/mol. The number of benzene rings is 1. The fraction of sp³-hybridized carbons (Fsp3) is 0.100. The highest BCUT2D eigenvalue weighted by Gasteiger charge is 2.30. The third-order valence-electron chi connectivity index (χ3n) is 1.60. The number of hydrogen-bond acceptors (Lipinski definition) is 1. The summed E-state index contributed by atoms with van der Waals surface area (Å²) in [5.41, 5.74) is -0.865. The van der Waals surface area contributed by atoms with Crippen LogP contribution in [-0.4, -0.2) is 11.1 Å². The molecule has 7 heteroatoms. The van der Waals surface area contributed by atoms with Crippen LogP contribution in [0.15, 0.2) is 18.2 Å². The zero-order valence-electron chi connectivity index (χ0n) is 7.98. The summed E-state index contributed by atoms with van der Waals surface area (Å²) in [6, 6.07) is 2.52. The molecule has 0 saturated carbocycles. The molecule has 0 fully saturated rings. The lowest BCUT2D eigenvalue weighted by molar-refractivity contribution is -0.137. The van der Waals surface area contributed by atoms with E-state index in [0.29, 0.717) is 6.07 Å². The van der Waals surface area contributed by atoms with Gasteiger partial charge in [0, 0.05) is 11.5 Å². The third kappa shape index (κ3) is 4.55. The number of aliphatic carboxylic acids is 1. The fourth-order valence-electron chi connectivity index (χ4n) is 0.914. The molecule has 0 aromatic heterocycles. The van der Waals surface area contributed by atoms with E-state index in [1.54, 1.807) is 5.92 Å². The highest BCUT2D eigenvalue weighted by Crippen LogP contribution is 2.31. The Bertz CT molecular complexity index is 487. The molecule has 0 aliphatic rings. The Balaban J connectivity index is 0.00000256. The number of hydrogen-bond donors (Lipinski definition) is 1. The van der Waals surface area contributed by atoms with E-state index < -0.39 is 17.7 Å². The van der Waals surface area contributed by atoms with Gasteiger partial charge in [-0.25, -0.2) is 4.79 Å². The first-order chi connectivity index (χ1) is 7.30. The van der Waals surface area contributed by atoms with E-state index in [4.69, 9.17) is 16.7 Å². The van der Waals surface area contributed by atoms with Gasteiger partial charge in [0.2, 0.25) is 0 Å². The van der Waals surface area contributed by atoms with Crippen LogP contribution < -0.4 is 12.4 Å². The van der Waals surface area contributed by atoms with Gasteiger partial charge in [0.1, 0.15) is 0 Å². The summed E-state index contributed by atoms with van der Waals surface area (Å²) in [5.74, 6) is 2.53. The van der Waals surface area contributed by atoms with Crippen LogP contribution in [0.2, 0.25) is 5.02 Å². The number of rotatable bonds is 0. The van der Waals surface area contributed by atoms with Crippen LogP contribution in [0.3, 0.4) is 0 Å². The van der Waals surface area contributed by atoms with E-state index >= 15 is 0 Å². The molecule has 0 atom stereocenters. The van der Waals surface area contributed by atoms with Crippen LogP contribution in [0.25, 0.3) is 0 Å². The Morgan fingerprint density at radius 1 is 1.35 bits per heavy atom. The van der Waals surface area contributed by atoms with E-state index in [0.717, 1.165) is 12.1 Å². The molecule has 0 radical (unpaired) electrons. The maximum Gasteiger partial charge on any atom is 0.416 e. The Labute approximate surface area is 106 Å². The molecule has 92 valence electrons. The molecule has 1 rings (SSSR count). The zero-order valence-corrected chi connectivity index (χ0v) is 9.49. The predicted molar refractivity (Wildman–Crippen MR) is 51.0 cm³/mol. The number of carbonyl (C=O) groups is 1. The van der Waals surface area contributed by atoms with Crippen molar-refractivity contribution in [2.75, 3.05) is 0 Å². The van der Waals surface area contributed by atoms with Crippen molar-refractivity contribution in [2.24, 2.45) is 0 Å². The van der Waals surface area contributed by atoms with Crippen LogP contribution in [-0.2, 0) is 11.0 Å². The lowest BCUT2D eigenvalue weighted by Gasteiger charge is -2.06. The summed E-state index contributed by atoms with van der Waals surface area (Å²) >= 11 is 5.52. The highest BCUT2D eigenvalue weighted by molar-refractivity contribution is 6.31. The topological polar surface area (TPSA) is 37.3 Å². The second kappa shape index (κ2) is 5.80. The van der Waals surface area contributed by atoms with Crippen LogP contribution in [0.5, 0.6) is 0 Å². The molecule has 0 bridgehead atoms. The van der Waals surface area contributed by atoms with Gasteiger partial charge >= 0.3 is 12.1 Å². The van der Waals surface area contributed by atoms with Crippen LogP contribution in [0, 0.1) is 11.8 Å². The molecule has 0 unspecified atom stereocenters. The predicted octanol–water partition coefficient (Wildman–Crippen LogP) is -0.201. The molecule has 17 heavy (non-hydrogen) atoms. The molecule has 0 saturated heterocycles. The molecule has 0 heterocycles.